The molecule has 0 bridgehead atoms. The van der Waals surface area contributed by atoms with Gasteiger partial charge in [0.15, 0.2) is 0 Å². The van der Waals surface area contributed by atoms with Crippen LogP contribution in [0.5, 0.6) is 0 Å². The molecule has 0 aromatic heterocycles. The molecule has 2 aliphatic rings. The minimum Gasteiger partial charge on any atom is -0.343 e. The standard InChI is InChI=1S/C8H14O2S4/c1-7(5(11)9-7)13-3-4-14-8(2)6(12)10-8/h5-6,11-12H,3-4H2,1-2H3. The van der Waals surface area contributed by atoms with E-state index in [0.29, 0.717) is 0 Å². The molecule has 2 fully saturated rings. The summed E-state index contributed by atoms with van der Waals surface area (Å²) >= 11 is 12.2. The Hall–Kier alpha value is 1.32. The molecule has 4 atom stereocenters. The molecule has 14 heavy (non-hydrogen) atoms. The van der Waals surface area contributed by atoms with Crippen LogP contribution in [0.15, 0.2) is 0 Å². The third-order valence-corrected chi connectivity index (χ3v) is 6.72. The summed E-state index contributed by atoms with van der Waals surface area (Å²) in [5, 5.41) is 0. The van der Waals surface area contributed by atoms with Crippen LogP contribution in [0.25, 0.3) is 0 Å². The van der Waals surface area contributed by atoms with Crippen molar-refractivity contribution < 1.29 is 9.47 Å². The first-order valence-corrected chi connectivity index (χ1v) is 7.46. The normalized spacial score (nSPS) is 50.6. The SMILES string of the molecule is CC1(SCCSC2(C)OC2S)OC1S. The van der Waals surface area contributed by atoms with Crippen LogP contribution < -0.4 is 0 Å². The second-order valence-electron chi connectivity index (χ2n) is 3.67. The topological polar surface area (TPSA) is 25.1 Å². The highest BCUT2D eigenvalue weighted by molar-refractivity contribution is 8.05. The number of thiol groups is 2. The Morgan fingerprint density at radius 2 is 1.29 bits per heavy atom. The molecule has 0 aromatic carbocycles. The zero-order chi connectivity index (χ0) is 10.4. The van der Waals surface area contributed by atoms with E-state index in [1.165, 1.54) is 0 Å². The monoisotopic (exact) mass is 270 g/mol. The van der Waals surface area contributed by atoms with Gasteiger partial charge in [-0.05, 0) is 13.8 Å². The lowest BCUT2D eigenvalue weighted by atomic mass is 10.6. The largest absolute Gasteiger partial charge is 0.343 e. The van der Waals surface area contributed by atoms with Crippen molar-refractivity contribution in [3.05, 3.63) is 0 Å². The first-order chi connectivity index (χ1) is 6.46. The summed E-state index contributed by atoms with van der Waals surface area (Å²) < 4.78 is 10.7. The summed E-state index contributed by atoms with van der Waals surface area (Å²) in [7, 11) is 0. The van der Waals surface area contributed by atoms with Crippen LogP contribution in [0, 0.1) is 0 Å². The van der Waals surface area contributed by atoms with Crippen molar-refractivity contribution in [2.24, 2.45) is 0 Å². The van der Waals surface area contributed by atoms with Gasteiger partial charge in [-0.2, -0.15) is 0 Å². The zero-order valence-electron chi connectivity index (χ0n) is 8.10. The first-order valence-electron chi connectivity index (χ1n) is 4.46. The molecule has 0 aliphatic carbocycles. The van der Waals surface area contributed by atoms with E-state index in [4.69, 9.17) is 9.47 Å². The number of rotatable bonds is 5. The maximum atomic E-state index is 5.34. The number of epoxide rings is 2. The molecule has 6 heteroatoms. The minimum atomic E-state index is -0.0463. The molecule has 4 unspecified atom stereocenters. The molecule has 82 valence electrons. The third kappa shape index (κ3) is 2.52. The van der Waals surface area contributed by atoms with E-state index in [2.05, 4.69) is 39.1 Å². The van der Waals surface area contributed by atoms with E-state index < -0.39 is 0 Å². The van der Waals surface area contributed by atoms with Crippen LogP contribution >= 0.6 is 48.8 Å². The van der Waals surface area contributed by atoms with Crippen molar-refractivity contribution >= 4 is 48.8 Å². The number of thioether (sulfide) groups is 2. The second-order valence-corrected chi connectivity index (χ2v) is 7.62. The maximum Gasteiger partial charge on any atom is 0.147 e. The lowest BCUT2D eigenvalue weighted by Crippen LogP contribution is -2.06. The van der Waals surface area contributed by atoms with Crippen LogP contribution in [-0.2, 0) is 9.47 Å². The highest BCUT2D eigenvalue weighted by atomic mass is 32.2. The smallest absolute Gasteiger partial charge is 0.147 e. The molecular weight excluding hydrogens is 256 g/mol. The summed E-state index contributed by atoms with van der Waals surface area (Å²) in [6.07, 6.45) is 0. The predicted molar refractivity (Wildman–Crippen MR) is 69.4 cm³/mol. The third-order valence-electron chi connectivity index (χ3n) is 2.33. The summed E-state index contributed by atoms with van der Waals surface area (Å²) in [6, 6.07) is 0. The Morgan fingerprint density at radius 1 is 1.00 bits per heavy atom. The molecule has 2 nitrogen and oxygen atoms in total. The van der Waals surface area contributed by atoms with Gasteiger partial charge in [0.1, 0.15) is 20.7 Å². The molecule has 2 saturated heterocycles. The van der Waals surface area contributed by atoms with Gasteiger partial charge in [0.05, 0.1) is 0 Å². The molecule has 0 amide bonds. The summed E-state index contributed by atoms with van der Waals surface area (Å²) in [6.45, 7) is 4.16. The Labute approximate surface area is 104 Å². The van der Waals surface area contributed by atoms with Crippen LogP contribution in [0.1, 0.15) is 13.8 Å². The minimum absolute atomic E-state index is 0.0463. The van der Waals surface area contributed by atoms with Gasteiger partial charge in [0, 0.05) is 11.5 Å². The molecule has 0 aromatic rings. The lowest BCUT2D eigenvalue weighted by Gasteiger charge is -2.07. The van der Waals surface area contributed by atoms with Crippen LogP contribution in [0.3, 0.4) is 0 Å². The average Bonchev–Trinajstić information content (AvgIpc) is 2.88. The van der Waals surface area contributed by atoms with Gasteiger partial charge in [-0.1, -0.05) is 0 Å². The fourth-order valence-electron chi connectivity index (χ4n) is 1.07. The van der Waals surface area contributed by atoms with E-state index in [9.17, 15) is 0 Å². The van der Waals surface area contributed by atoms with E-state index in [0.717, 1.165) is 11.5 Å². The summed E-state index contributed by atoms with van der Waals surface area (Å²) in [5.74, 6) is 2.13. The Morgan fingerprint density at radius 3 is 1.50 bits per heavy atom. The van der Waals surface area contributed by atoms with Crippen molar-refractivity contribution in [1.29, 1.82) is 0 Å². The molecule has 2 heterocycles. The second kappa shape index (κ2) is 3.96. The quantitative estimate of drug-likeness (QED) is 0.455. The molecule has 0 N–H and O–H groups in total. The fraction of sp³-hybridized carbons (Fsp3) is 1.00. The van der Waals surface area contributed by atoms with Gasteiger partial charge in [-0.3, -0.25) is 0 Å². The van der Waals surface area contributed by atoms with Crippen molar-refractivity contribution in [2.75, 3.05) is 11.5 Å². The Balaban J connectivity index is 1.56. The van der Waals surface area contributed by atoms with E-state index >= 15 is 0 Å². The average molecular weight is 270 g/mol. The highest BCUT2D eigenvalue weighted by Gasteiger charge is 2.52. The number of hydrogen-bond acceptors (Lipinski definition) is 6. The molecule has 0 saturated carbocycles. The molecule has 2 aliphatic heterocycles. The fourth-order valence-corrected chi connectivity index (χ4v) is 4.19. The van der Waals surface area contributed by atoms with E-state index in [1.54, 1.807) is 0 Å². The maximum absolute atomic E-state index is 5.34. The van der Waals surface area contributed by atoms with Crippen LogP contribution in [0.4, 0.5) is 0 Å². The van der Waals surface area contributed by atoms with E-state index in [-0.39, 0.29) is 20.7 Å². The molecule has 2 rings (SSSR count). The Bertz CT molecular complexity index is 215. The lowest BCUT2D eigenvalue weighted by molar-refractivity contribution is 0.393. The summed E-state index contributed by atoms with van der Waals surface area (Å²) in [4.78, 5) is -0.0926. The molecular formula is C8H14O2S4. The zero-order valence-corrected chi connectivity index (χ0v) is 11.5. The van der Waals surface area contributed by atoms with Gasteiger partial charge < -0.3 is 9.47 Å². The van der Waals surface area contributed by atoms with Crippen molar-refractivity contribution in [3.8, 4) is 0 Å². The molecule has 0 spiro atoms. The van der Waals surface area contributed by atoms with Crippen molar-refractivity contribution in [1.82, 2.24) is 0 Å². The first kappa shape index (κ1) is 11.8. The van der Waals surface area contributed by atoms with Crippen molar-refractivity contribution in [2.45, 2.75) is 34.6 Å². The van der Waals surface area contributed by atoms with Gasteiger partial charge in [-0.25, -0.2) is 0 Å². The highest BCUT2D eigenvalue weighted by Crippen LogP contribution is 2.51. The predicted octanol–water partition coefficient (Wildman–Crippen LogP) is 2.46. The van der Waals surface area contributed by atoms with Crippen LogP contribution in [-0.4, -0.2) is 32.2 Å². The van der Waals surface area contributed by atoms with Crippen molar-refractivity contribution in [3.63, 3.8) is 0 Å². The summed E-state index contributed by atoms with van der Waals surface area (Å²) in [5.41, 5.74) is 0.228. The van der Waals surface area contributed by atoms with Gasteiger partial charge >= 0.3 is 0 Å². The van der Waals surface area contributed by atoms with Gasteiger partial charge in [0.25, 0.3) is 0 Å². The number of ether oxygens (including phenoxy) is 2. The van der Waals surface area contributed by atoms with Crippen LogP contribution in [0.2, 0.25) is 0 Å². The van der Waals surface area contributed by atoms with Gasteiger partial charge in [0.2, 0.25) is 0 Å². The Kier molecular flexibility index (Phi) is 3.34. The van der Waals surface area contributed by atoms with Gasteiger partial charge in [-0.15, -0.1) is 48.8 Å². The van der Waals surface area contributed by atoms with E-state index in [1.807, 2.05) is 23.5 Å². The number of hydrogen-bond donors (Lipinski definition) is 2. The molecule has 0 radical (unpaired) electrons.